The molecule has 0 saturated heterocycles. The largest absolute Gasteiger partial charge is 0.400 e. The summed E-state index contributed by atoms with van der Waals surface area (Å²) in [7, 11) is 1.00. The summed E-state index contributed by atoms with van der Waals surface area (Å²) in [4.78, 5) is 33.2. The molecule has 0 aromatic heterocycles. The van der Waals surface area contributed by atoms with E-state index >= 15 is 0 Å². The summed E-state index contributed by atoms with van der Waals surface area (Å²) in [6.07, 6.45) is 3.82. The minimum atomic E-state index is -0.361. The van der Waals surface area contributed by atoms with Gasteiger partial charge in [0.15, 0.2) is 0 Å². The molecule has 8 atom stereocenters. The molecular formula is C30H37Cl3N2O5. The topological polar surface area (TPSA) is 116 Å². The number of carbonyl (C=O) groups excluding carboxylic acids is 3. The van der Waals surface area contributed by atoms with Gasteiger partial charge in [-0.15, -0.1) is 0 Å². The fraction of sp³-hybridized carbons (Fsp3) is 0.500. The molecule has 4 N–H and O–H groups in total. The van der Waals surface area contributed by atoms with Crippen LogP contribution in [-0.2, 0) is 14.4 Å². The van der Waals surface area contributed by atoms with Crippen molar-refractivity contribution in [2.75, 3.05) is 17.7 Å². The molecule has 6 rings (SSSR count). The molecule has 7 nitrogen and oxygen atoms in total. The monoisotopic (exact) mass is 610 g/mol. The van der Waals surface area contributed by atoms with E-state index < -0.39 is 0 Å². The second-order valence-electron chi connectivity index (χ2n) is 10.9. The molecule has 0 radical (unpaired) electrons. The Balaban J connectivity index is 0.000000185. The Kier molecular flexibility index (Phi) is 11.8. The van der Waals surface area contributed by atoms with Gasteiger partial charge in [0.25, 0.3) is 0 Å². The number of carbonyl (C=O) groups is 3. The second kappa shape index (κ2) is 14.6. The van der Waals surface area contributed by atoms with Gasteiger partial charge in [-0.3, -0.25) is 14.4 Å². The molecule has 10 heteroatoms. The Morgan fingerprint density at radius 1 is 0.700 bits per heavy atom. The highest BCUT2D eigenvalue weighted by Gasteiger charge is 2.59. The maximum absolute atomic E-state index is 12.0. The first-order valence-corrected chi connectivity index (χ1v) is 14.6. The average molecular weight is 612 g/mol. The summed E-state index contributed by atoms with van der Waals surface area (Å²) in [5.41, 5.74) is 1.63. The molecular weight excluding hydrogens is 575 g/mol. The normalized spacial score (nSPS) is 29.9. The predicted molar refractivity (Wildman–Crippen MR) is 159 cm³/mol. The van der Waals surface area contributed by atoms with Crippen molar-refractivity contribution in [2.45, 2.75) is 45.6 Å². The van der Waals surface area contributed by atoms with E-state index in [1.165, 1.54) is 19.8 Å². The van der Waals surface area contributed by atoms with E-state index in [1.807, 2.05) is 12.1 Å². The molecule has 2 aromatic rings. The van der Waals surface area contributed by atoms with Crippen LogP contribution < -0.4 is 10.6 Å². The van der Waals surface area contributed by atoms with Gasteiger partial charge in [0, 0.05) is 47.3 Å². The molecule has 40 heavy (non-hydrogen) atoms. The van der Waals surface area contributed by atoms with E-state index in [0.29, 0.717) is 33.7 Å². The van der Waals surface area contributed by atoms with Crippen molar-refractivity contribution in [1.29, 1.82) is 0 Å². The Bertz CT molecular complexity index is 1050. The molecule has 4 aliphatic rings. The zero-order chi connectivity index (χ0) is 29.6. The van der Waals surface area contributed by atoms with Gasteiger partial charge in [0.2, 0.25) is 17.1 Å². The number of rotatable bonds is 4. The lowest BCUT2D eigenvalue weighted by molar-refractivity contribution is -0.119. The van der Waals surface area contributed by atoms with Crippen molar-refractivity contribution in [3.8, 4) is 0 Å². The average Bonchev–Trinajstić information content (AvgIpc) is 3.65. The summed E-state index contributed by atoms with van der Waals surface area (Å²) in [5, 5.41) is 23.3. The third kappa shape index (κ3) is 8.92. The molecule has 4 aliphatic carbocycles. The number of hydrogen-bond donors (Lipinski definition) is 4. The summed E-state index contributed by atoms with van der Waals surface area (Å²) < 4.78 is 0. The molecule has 0 spiro atoms. The first kappa shape index (κ1) is 32.4. The van der Waals surface area contributed by atoms with Crippen LogP contribution >= 0.6 is 34.8 Å². The van der Waals surface area contributed by atoms with Gasteiger partial charge in [-0.25, -0.2) is 0 Å². The van der Waals surface area contributed by atoms with Crippen LogP contribution in [0.25, 0.3) is 0 Å². The molecule has 4 fully saturated rings. The van der Waals surface area contributed by atoms with E-state index in [2.05, 4.69) is 29.2 Å². The molecule has 2 amide bonds. The van der Waals surface area contributed by atoms with Gasteiger partial charge in [0.1, 0.15) is 0 Å². The predicted octanol–water partition coefficient (Wildman–Crippen LogP) is 6.25. The summed E-state index contributed by atoms with van der Waals surface area (Å²) in [6.45, 7) is 3.57. The molecule has 0 aliphatic heterocycles. The smallest absolute Gasteiger partial charge is 0.228 e. The zero-order valence-electron chi connectivity index (χ0n) is 22.8. The summed E-state index contributed by atoms with van der Waals surface area (Å²) in [6, 6.07) is 14.4. The van der Waals surface area contributed by atoms with E-state index in [9.17, 15) is 19.5 Å². The fourth-order valence-electron chi connectivity index (χ4n) is 6.22. The number of fused-ring (bicyclic) bond motifs is 2. The van der Waals surface area contributed by atoms with Crippen molar-refractivity contribution in [3.63, 3.8) is 0 Å². The number of aliphatic hydroxyl groups excluding tert-OH is 2. The number of halogens is 3. The van der Waals surface area contributed by atoms with E-state index in [-0.39, 0.29) is 35.0 Å². The zero-order valence-corrected chi connectivity index (χ0v) is 25.1. The highest BCUT2D eigenvalue weighted by Crippen LogP contribution is 2.60. The highest BCUT2D eigenvalue weighted by molar-refractivity contribution is 6.62. The third-order valence-corrected chi connectivity index (χ3v) is 8.43. The number of benzene rings is 2. The van der Waals surface area contributed by atoms with Gasteiger partial charge in [-0.1, -0.05) is 30.1 Å². The quantitative estimate of drug-likeness (QED) is 0.305. The number of nitrogens with one attached hydrogen (secondary N) is 2. The van der Waals surface area contributed by atoms with E-state index in [1.54, 1.807) is 36.4 Å². The van der Waals surface area contributed by atoms with E-state index in [0.717, 1.165) is 37.2 Å². The minimum absolute atomic E-state index is 0.0780. The molecule has 0 bridgehead atoms. The highest BCUT2D eigenvalue weighted by atomic mass is 35.5. The number of aliphatic hydroxyl groups is 2. The summed E-state index contributed by atoms with van der Waals surface area (Å²) >= 11 is 16.2. The third-order valence-electron chi connectivity index (χ3n) is 7.93. The first-order chi connectivity index (χ1) is 19.0. The lowest BCUT2D eigenvalue weighted by Gasteiger charge is -2.09. The van der Waals surface area contributed by atoms with Gasteiger partial charge in [0.05, 0.1) is 6.10 Å². The van der Waals surface area contributed by atoms with Gasteiger partial charge in [-0.05, 0) is 115 Å². The second-order valence-corrected chi connectivity index (χ2v) is 12.3. The molecule has 2 aromatic carbocycles. The van der Waals surface area contributed by atoms with Crippen LogP contribution in [0.15, 0.2) is 48.5 Å². The lowest BCUT2D eigenvalue weighted by atomic mass is 10.0. The SMILES string of the molecule is CC(=O)Cl.CC1C[C@@H]2C(C(=O)Nc3ccc(Cl)cc3)[C@@H]2C1.CO.O=C(Nc1ccc(Cl)cc1)C1[C@H]2CC(O)C[C@@H]12. The van der Waals surface area contributed by atoms with Crippen molar-refractivity contribution in [2.24, 2.45) is 41.4 Å². The fourth-order valence-corrected chi connectivity index (χ4v) is 6.47. The van der Waals surface area contributed by atoms with Crippen LogP contribution in [0.3, 0.4) is 0 Å². The lowest BCUT2D eigenvalue weighted by Crippen LogP contribution is -2.19. The van der Waals surface area contributed by atoms with Crippen molar-refractivity contribution >= 4 is 63.2 Å². The maximum atomic E-state index is 12.0. The molecule has 218 valence electrons. The van der Waals surface area contributed by atoms with Crippen LogP contribution in [0.1, 0.15) is 39.5 Å². The number of hydrogen-bond acceptors (Lipinski definition) is 5. The van der Waals surface area contributed by atoms with Gasteiger partial charge >= 0.3 is 0 Å². The van der Waals surface area contributed by atoms with Gasteiger partial charge < -0.3 is 20.8 Å². The van der Waals surface area contributed by atoms with Gasteiger partial charge in [-0.2, -0.15) is 0 Å². The van der Waals surface area contributed by atoms with Crippen LogP contribution in [0.2, 0.25) is 10.0 Å². The molecule has 4 unspecified atom stereocenters. The standard InChI is InChI=1S/C14H16ClNO.C13H14ClNO2.C2H3ClO.CH4O/c1-8-6-11-12(7-8)13(11)14(17)16-10-4-2-9(15)3-5-10;14-7-1-3-8(4-2-7)15-13(17)12-10-5-9(16)6-11(10)12;1-2(3)4;1-2/h2-5,8,11-13H,6-7H2,1H3,(H,16,17);1-4,9-12,16H,5-6H2,(H,15,17);1H3;2H,1H3/t8?,11-,12+,13?;9?,10-,11+,12?;;. The van der Waals surface area contributed by atoms with Crippen LogP contribution in [0, 0.1) is 41.4 Å². The summed E-state index contributed by atoms with van der Waals surface area (Å²) in [5.74, 6) is 3.55. The Labute approximate surface area is 250 Å². The van der Waals surface area contributed by atoms with Crippen molar-refractivity contribution in [1.82, 2.24) is 0 Å². The Morgan fingerprint density at radius 2 is 1.00 bits per heavy atom. The van der Waals surface area contributed by atoms with Crippen molar-refractivity contribution < 1.29 is 24.6 Å². The Morgan fingerprint density at radius 3 is 1.32 bits per heavy atom. The first-order valence-electron chi connectivity index (χ1n) is 13.4. The van der Waals surface area contributed by atoms with Crippen molar-refractivity contribution in [3.05, 3.63) is 58.6 Å². The van der Waals surface area contributed by atoms with Crippen LogP contribution in [0.5, 0.6) is 0 Å². The molecule has 0 heterocycles. The number of amides is 2. The molecule has 4 saturated carbocycles. The maximum Gasteiger partial charge on any atom is 0.228 e. The minimum Gasteiger partial charge on any atom is -0.400 e. The Hall–Kier alpha value is -2.16. The number of anilines is 2. The van der Waals surface area contributed by atoms with E-state index in [4.69, 9.17) is 28.3 Å². The van der Waals surface area contributed by atoms with Crippen LogP contribution in [0.4, 0.5) is 11.4 Å². The van der Waals surface area contributed by atoms with Crippen LogP contribution in [-0.4, -0.2) is 40.5 Å².